The minimum Gasteiger partial charge on any atom is -0.349 e. The zero-order valence-corrected chi connectivity index (χ0v) is 12.4. The number of nitrogens with one attached hydrogen (secondary N) is 1. The van der Waals surface area contributed by atoms with E-state index >= 15 is 0 Å². The molecule has 2 nitrogen and oxygen atoms in total. The molecule has 0 aliphatic carbocycles. The van der Waals surface area contributed by atoms with Gasteiger partial charge in [0.2, 0.25) is 0 Å². The molecule has 0 aliphatic rings. The maximum Gasteiger partial charge on any atom is 0.254 e. The second-order valence-corrected chi connectivity index (χ2v) is 5.76. The van der Waals surface area contributed by atoms with Gasteiger partial charge in [0.25, 0.3) is 5.91 Å². The predicted molar refractivity (Wildman–Crippen MR) is 77.0 cm³/mol. The quantitative estimate of drug-likeness (QED) is 0.823. The van der Waals surface area contributed by atoms with E-state index in [1.807, 2.05) is 6.92 Å². The van der Waals surface area contributed by atoms with Gasteiger partial charge in [0.05, 0.1) is 5.56 Å². The highest BCUT2D eigenvalue weighted by atomic mass is 35.5. The number of hydrogen-bond donors (Lipinski definition) is 1. The fourth-order valence-electron chi connectivity index (χ4n) is 1.88. The number of carbonyl (C=O) groups is 1. The van der Waals surface area contributed by atoms with Crippen LogP contribution in [0.2, 0.25) is 5.02 Å². The molecule has 106 valence electrons. The van der Waals surface area contributed by atoms with Crippen LogP contribution in [0.1, 0.15) is 50.4 Å². The molecule has 1 aromatic carbocycles. The number of amides is 1. The SMILES string of the molecule is CC(C)CCCC(C)NC(=O)c1cc(Cl)ccc1F. The third-order valence-electron chi connectivity index (χ3n) is 2.97. The number of carbonyl (C=O) groups excluding carboxylic acids is 1. The summed E-state index contributed by atoms with van der Waals surface area (Å²) < 4.78 is 13.5. The Hall–Kier alpha value is -1.09. The van der Waals surface area contributed by atoms with E-state index in [-0.39, 0.29) is 11.6 Å². The fraction of sp³-hybridized carbons (Fsp3) is 0.533. The van der Waals surface area contributed by atoms with Crippen molar-refractivity contribution >= 4 is 17.5 Å². The Morgan fingerprint density at radius 1 is 1.32 bits per heavy atom. The van der Waals surface area contributed by atoms with Gasteiger partial charge in [-0.2, -0.15) is 0 Å². The summed E-state index contributed by atoms with van der Waals surface area (Å²) >= 11 is 5.77. The Morgan fingerprint density at radius 2 is 2.00 bits per heavy atom. The summed E-state index contributed by atoms with van der Waals surface area (Å²) in [5.41, 5.74) is 0.00297. The maximum absolute atomic E-state index is 13.5. The van der Waals surface area contributed by atoms with Crippen molar-refractivity contribution in [3.05, 3.63) is 34.6 Å². The van der Waals surface area contributed by atoms with Crippen molar-refractivity contribution in [2.75, 3.05) is 0 Å². The first-order valence-electron chi connectivity index (χ1n) is 6.66. The molecule has 0 radical (unpaired) electrons. The average Bonchev–Trinajstić information content (AvgIpc) is 2.31. The summed E-state index contributed by atoms with van der Waals surface area (Å²) in [5, 5.41) is 3.16. The lowest BCUT2D eigenvalue weighted by Crippen LogP contribution is -2.33. The summed E-state index contributed by atoms with van der Waals surface area (Å²) in [6.45, 7) is 6.27. The molecule has 0 bridgehead atoms. The smallest absolute Gasteiger partial charge is 0.254 e. The van der Waals surface area contributed by atoms with E-state index in [0.29, 0.717) is 10.9 Å². The van der Waals surface area contributed by atoms with Gasteiger partial charge in [-0.3, -0.25) is 4.79 Å². The van der Waals surface area contributed by atoms with Gasteiger partial charge < -0.3 is 5.32 Å². The first-order chi connectivity index (χ1) is 8.90. The molecular weight excluding hydrogens is 265 g/mol. The highest BCUT2D eigenvalue weighted by Gasteiger charge is 2.14. The van der Waals surface area contributed by atoms with Crippen LogP contribution in [0, 0.1) is 11.7 Å². The van der Waals surface area contributed by atoms with Crippen LogP contribution in [0.15, 0.2) is 18.2 Å². The van der Waals surface area contributed by atoms with Gasteiger partial charge in [-0.05, 0) is 37.5 Å². The van der Waals surface area contributed by atoms with Gasteiger partial charge in [0.15, 0.2) is 0 Å². The van der Waals surface area contributed by atoms with Crippen molar-refractivity contribution in [3.8, 4) is 0 Å². The lowest BCUT2D eigenvalue weighted by molar-refractivity contribution is 0.0933. The van der Waals surface area contributed by atoms with Crippen LogP contribution in [0.4, 0.5) is 4.39 Å². The van der Waals surface area contributed by atoms with Gasteiger partial charge in [0, 0.05) is 11.1 Å². The van der Waals surface area contributed by atoms with E-state index < -0.39 is 11.7 Å². The summed E-state index contributed by atoms with van der Waals surface area (Å²) in [4.78, 5) is 11.9. The molecule has 0 saturated heterocycles. The van der Waals surface area contributed by atoms with E-state index in [1.165, 1.54) is 18.2 Å². The molecule has 0 aromatic heterocycles. The molecule has 0 spiro atoms. The van der Waals surface area contributed by atoms with E-state index in [1.54, 1.807) is 0 Å². The monoisotopic (exact) mass is 285 g/mol. The number of benzene rings is 1. The van der Waals surface area contributed by atoms with Crippen LogP contribution < -0.4 is 5.32 Å². The molecule has 1 rings (SSSR count). The Kier molecular flexibility index (Phi) is 6.29. The Morgan fingerprint density at radius 3 is 2.63 bits per heavy atom. The first kappa shape index (κ1) is 16.0. The zero-order chi connectivity index (χ0) is 14.4. The maximum atomic E-state index is 13.5. The molecule has 19 heavy (non-hydrogen) atoms. The van der Waals surface area contributed by atoms with Crippen LogP contribution in [-0.2, 0) is 0 Å². The van der Waals surface area contributed by atoms with Crippen molar-refractivity contribution in [2.45, 2.75) is 46.1 Å². The van der Waals surface area contributed by atoms with Crippen LogP contribution in [0.5, 0.6) is 0 Å². The van der Waals surface area contributed by atoms with Gasteiger partial charge in [-0.15, -0.1) is 0 Å². The average molecular weight is 286 g/mol. The standard InChI is InChI=1S/C15H21ClFNO/c1-10(2)5-4-6-11(3)18-15(19)13-9-12(16)7-8-14(13)17/h7-11H,4-6H2,1-3H3,(H,18,19). The molecule has 1 atom stereocenters. The van der Waals surface area contributed by atoms with Crippen LogP contribution in [0.3, 0.4) is 0 Å². The van der Waals surface area contributed by atoms with E-state index in [9.17, 15) is 9.18 Å². The van der Waals surface area contributed by atoms with Crippen molar-refractivity contribution in [1.29, 1.82) is 0 Å². The van der Waals surface area contributed by atoms with Crippen molar-refractivity contribution in [2.24, 2.45) is 5.92 Å². The van der Waals surface area contributed by atoms with E-state index in [0.717, 1.165) is 19.3 Å². The Bertz CT molecular complexity index is 434. The molecule has 0 fully saturated rings. The Labute approximate surface area is 119 Å². The third kappa shape index (κ3) is 5.60. The van der Waals surface area contributed by atoms with Crippen LogP contribution in [-0.4, -0.2) is 11.9 Å². The molecule has 0 heterocycles. The minimum atomic E-state index is -0.545. The second kappa shape index (κ2) is 7.49. The second-order valence-electron chi connectivity index (χ2n) is 5.32. The summed E-state index contributed by atoms with van der Waals surface area (Å²) in [6.07, 6.45) is 3.08. The highest BCUT2D eigenvalue weighted by Crippen LogP contribution is 2.15. The summed E-state index contributed by atoms with van der Waals surface area (Å²) in [6, 6.07) is 4.03. The normalized spacial score (nSPS) is 12.5. The molecular formula is C15H21ClFNO. The van der Waals surface area contributed by atoms with Gasteiger partial charge in [-0.1, -0.05) is 38.3 Å². The summed E-state index contributed by atoms with van der Waals surface area (Å²) in [5.74, 6) is -0.290. The molecule has 4 heteroatoms. The van der Waals surface area contributed by atoms with E-state index in [2.05, 4.69) is 19.2 Å². The number of rotatable bonds is 6. The molecule has 0 saturated carbocycles. The fourth-order valence-corrected chi connectivity index (χ4v) is 2.05. The third-order valence-corrected chi connectivity index (χ3v) is 3.20. The van der Waals surface area contributed by atoms with Crippen LogP contribution in [0.25, 0.3) is 0 Å². The van der Waals surface area contributed by atoms with Crippen molar-refractivity contribution in [1.82, 2.24) is 5.32 Å². The number of hydrogen-bond acceptors (Lipinski definition) is 1. The predicted octanol–water partition coefficient (Wildman–Crippen LogP) is 4.42. The highest BCUT2D eigenvalue weighted by molar-refractivity contribution is 6.31. The molecule has 1 unspecified atom stereocenters. The van der Waals surface area contributed by atoms with Gasteiger partial charge in [0.1, 0.15) is 5.82 Å². The topological polar surface area (TPSA) is 29.1 Å². The molecule has 1 N–H and O–H groups in total. The Balaban J connectivity index is 2.52. The minimum absolute atomic E-state index is 0.00297. The largest absolute Gasteiger partial charge is 0.349 e. The van der Waals surface area contributed by atoms with Gasteiger partial charge >= 0.3 is 0 Å². The van der Waals surface area contributed by atoms with E-state index in [4.69, 9.17) is 11.6 Å². The molecule has 1 amide bonds. The van der Waals surface area contributed by atoms with Gasteiger partial charge in [-0.25, -0.2) is 4.39 Å². The van der Waals surface area contributed by atoms with Crippen molar-refractivity contribution in [3.63, 3.8) is 0 Å². The lowest BCUT2D eigenvalue weighted by Gasteiger charge is -2.15. The van der Waals surface area contributed by atoms with Crippen molar-refractivity contribution < 1.29 is 9.18 Å². The first-order valence-corrected chi connectivity index (χ1v) is 7.04. The molecule has 1 aromatic rings. The van der Waals surface area contributed by atoms with Crippen LogP contribution >= 0.6 is 11.6 Å². The summed E-state index contributed by atoms with van der Waals surface area (Å²) in [7, 11) is 0. The number of halogens is 2. The zero-order valence-electron chi connectivity index (χ0n) is 11.7. The molecule has 0 aliphatic heterocycles. The lowest BCUT2D eigenvalue weighted by atomic mass is 10.0.